The Bertz CT molecular complexity index is 1040. The van der Waals surface area contributed by atoms with E-state index < -0.39 is 17.0 Å². The van der Waals surface area contributed by atoms with E-state index in [2.05, 4.69) is 16.4 Å². The molecule has 1 spiro atoms. The Morgan fingerprint density at radius 3 is 2.38 bits per heavy atom. The van der Waals surface area contributed by atoms with E-state index in [4.69, 9.17) is 0 Å². The summed E-state index contributed by atoms with van der Waals surface area (Å²) in [7, 11) is 3.56. The number of para-hydroxylation sites is 1. The van der Waals surface area contributed by atoms with Crippen LogP contribution in [0.2, 0.25) is 0 Å². The van der Waals surface area contributed by atoms with Crippen molar-refractivity contribution >= 4 is 10.9 Å². The molecule has 29 heavy (non-hydrogen) atoms. The minimum absolute atomic E-state index is 0.215. The molecule has 1 aliphatic heterocycles. The second kappa shape index (κ2) is 6.38. The highest BCUT2D eigenvalue weighted by molar-refractivity contribution is 5.85. The van der Waals surface area contributed by atoms with Gasteiger partial charge in [-0.1, -0.05) is 48.5 Å². The van der Waals surface area contributed by atoms with Crippen LogP contribution in [0.3, 0.4) is 0 Å². The Morgan fingerprint density at radius 2 is 1.66 bits per heavy atom. The molecule has 1 fully saturated rings. The van der Waals surface area contributed by atoms with Gasteiger partial charge in [0.05, 0.1) is 5.54 Å². The maximum absolute atomic E-state index is 16.1. The summed E-state index contributed by atoms with van der Waals surface area (Å²) in [5.74, 6) is -2.89. The van der Waals surface area contributed by atoms with Crippen LogP contribution in [0.1, 0.15) is 36.1 Å². The molecule has 2 unspecified atom stereocenters. The zero-order valence-corrected chi connectivity index (χ0v) is 16.9. The number of nitrogens with one attached hydrogen (secondary N) is 2. The highest BCUT2D eigenvalue weighted by Gasteiger charge is 2.64. The lowest BCUT2D eigenvalue weighted by Crippen LogP contribution is -2.64. The SMILES string of the molecule is CN(C)C1(c2ccccc2)CCC2(CC1(F)F)NCCc1c2[nH]c2ccccc12. The van der Waals surface area contributed by atoms with Crippen molar-refractivity contribution in [2.45, 2.75) is 42.7 Å². The van der Waals surface area contributed by atoms with E-state index in [1.165, 1.54) is 10.9 Å². The molecule has 3 nitrogen and oxygen atoms in total. The van der Waals surface area contributed by atoms with Gasteiger partial charge in [0.25, 0.3) is 5.92 Å². The first kappa shape index (κ1) is 18.8. The van der Waals surface area contributed by atoms with Crippen LogP contribution in [0.5, 0.6) is 0 Å². The molecule has 2 atom stereocenters. The zero-order valence-electron chi connectivity index (χ0n) is 16.9. The predicted octanol–water partition coefficient (Wildman–Crippen LogP) is 4.79. The minimum Gasteiger partial charge on any atom is -0.357 e. The van der Waals surface area contributed by atoms with Crippen LogP contribution in [0.25, 0.3) is 10.9 Å². The molecule has 2 heterocycles. The van der Waals surface area contributed by atoms with E-state index in [1.807, 2.05) is 48.5 Å². The van der Waals surface area contributed by atoms with Crippen LogP contribution < -0.4 is 5.32 Å². The van der Waals surface area contributed by atoms with Crippen molar-refractivity contribution in [2.75, 3.05) is 20.6 Å². The molecule has 0 bridgehead atoms. The number of nitrogens with zero attached hydrogens (tertiary/aromatic N) is 1. The largest absolute Gasteiger partial charge is 0.357 e. The number of H-pyrrole nitrogens is 1. The Kier molecular flexibility index (Phi) is 4.13. The molecule has 2 aromatic carbocycles. The second-order valence-electron chi connectivity index (χ2n) is 8.78. The number of halogens is 2. The first-order chi connectivity index (χ1) is 13.9. The van der Waals surface area contributed by atoms with Crippen molar-refractivity contribution in [3.05, 3.63) is 71.4 Å². The number of hydrogen-bond donors (Lipinski definition) is 2. The highest BCUT2D eigenvalue weighted by Crippen LogP contribution is 2.57. The third kappa shape index (κ3) is 2.53. The quantitative estimate of drug-likeness (QED) is 0.654. The average Bonchev–Trinajstić information content (AvgIpc) is 3.09. The monoisotopic (exact) mass is 395 g/mol. The van der Waals surface area contributed by atoms with E-state index >= 15 is 8.78 Å². The molecule has 5 rings (SSSR count). The molecule has 1 aromatic heterocycles. The maximum atomic E-state index is 16.1. The van der Waals surface area contributed by atoms with Crippen molar-refractivity contribution in [2.24, 2.45) is 0 Å². The standard InChI is InChI=1S/C24H27F2N3/c1-29(2)23(17-8-4-3-5-9-17)14-13-22(16-24(23,25)26)21-19(12-15-27-22)18-10-6-7-11-20(18)28-21/h3-11,27-28H,12-16H2,1-2H3. The van der Waals surface area contributed by atoms with E-state index in [9.17, 15) is 0 Å². The van der Waals surface area contributed by atoms with E-state index in [-0.39, 0.29) is 6.42 Å². The second-order valence-corrected chi connectivity index (χ2v) is 8.78. The van der Waals surface area contributed by atoms with E-state index in [0.29, 0.717) is 18.4 Å². The van der Waals surface area contributed by atoms with Crippen molar-refractivity contribution in [1.29, 1.82) is 0 Å². The molecule has 2 N–H and O–H groups in total. The van der Waals surface area contributed by atoms with Crippen LogP contribution in [0.4, 0.5) is 8.78 Å². The number of aromatic amines is 1. The Hall–Kier alpha value is -2.24. The van der Waals surface area contributed by atoms with Crippen LogP contribution in [0, 0.1) is 0 Å². The van der Waals surface area contributed by atoms with Gasteiger partial charge in [-0.2, -0.15) is 0 Å². The Balaban J connectivity index is 1.63. The van der Waals surface area contributed by atoms with Gasteiger partial charge in [0, 0.05) is 29.6 Å². The highest BCUT2D eigenvalue weighted by atomic mass is 19.3. The average molecular weight is 395 g/mol. The lowest BCUT2D eigenvalue weighted by Gasteiger charge is -2.55. The van der Waals surface area contributed by atoms with Gasteiger partial charge in [0.1, 0.15) is 5.54 Å². The van der Waals surface area contributed by atoms with Gasteiger partial charge in [-0.15, -0.1) is 0 Å². The minimum atomic E-state index is -2.89. The third-order valence-electron chi connectivity index (χ3n) is 7.19. The number of hydrogen-bond acceptors (Lipinski definition) is 2. The molecule has 0 amide bonds. The predicted molar refractivity (Wildman–Crippen MR) is 112 cm³/mol. The number of benzene rings is 2. The van der Waals surface area contributed by atoms with Crippen molar-refractivity contribution in [3.8, 4) is 0 Å². The Labute approximate surface area is 170 Å². The Morgan fingerprint density at radius 1 is 0.931 bits per heavy atom. The fourth-order valence-electron chi connectivity index (χ4n) is 5.82. The number of fused-ring (bicyclic) bond motifs is 4. The molecule has 0 radical (unpaired) electrons. The van der Waals surface area contributed by atoms with E-state index in [0.717, 1.165) is 24.2 Å². The van der Waals surface area contributed by atoms with Crippen molar-refractivity contribution in [1.82, 2.24) is 15.2 Å². The molecular weight excluding hydrogens is 368 g/mol. The molecular formula is C24H27F2N3. The number of rotatable bonds is 2. The first-order valence-corrected chi connectivity index (χ1v) is 10.4. The first-order valence-electron chi connectivity index (χ1n) is 10.4. The molecule has 3 aromatic rings. The summed E-state index contributed by atoms with van der Waals surface area (Å²) in [6.07, 6.45) is 1.70. The number of aromatic nitrogens is 1. The number of alkyl halides is 2. The van der Waals surface area contributed by atoms with Gasteiger partial charge in [0.2, 0.25) is 0 Å². The maximum Gasteiger partial charge on any atom is 0.272 e. The summed E-state index contributed by atoms with van der Waals surface area (Å²) >= 11 is 0. The lowest BCUT2D eigenvalue weighted by atomic mass is 9.64. The molecule has 0 saturated heterocycles. The van der Waals surface area contributed by atoms with Gasteiger partial charge in [-0.05, 0) is 50.6 Å². The van der Waals surface area contributed by atoms with Gasteiger partial charge < -0.3 is 10.3 Å². The topological polar surface area (TPSA) is 31.1 Å². The summed E-state index contributed by atoms with van der Waals surface area (Å²) in [6, 6.07) is 17.4. The van der Waals surface area contributed by atoms with Gasteiger partial charge in [0.15, 0.2) is 0 Å². The fraction of sp³-hybridized carbons (Fsp3) is 0.417. The molecule has 152 valence electrons. The third-order valence-corrected chi connectivity index (χ3v) is 7.19. The van der Waals surface area contributed by atoms with Gasteiger partial charge in [-0.3, -0.25) is 4.90 Å². The molecule has 1 aliphatic carbocycles. The normalized spacial score (nSPS) is 28.7. The molecule has 5 heteroatoms. The van der Waals surface area contributed by atoms with Crippen LogP contribution in [-0.2, 0) is 17.5 Å². The van der Waals surface area contributed by atoms with Crippen molar-refractivity contribution < 1.29 is 8.78 Å². The van der Waals surface area contributed by atoms with Gasteiger partial charge in [-0.25, -0.2) is 8.78 Å². The molecule has 2 aliphatic rings. The van der Waals surface area contributed by atoms with E-state index in [1.54, 1.807) is 19.0 Å². The van der Waals surface area contributed by atoms with Crippen molar-refractivity contribution in [3.63, 3.8) is 0 Å². The van der Waals surface area contributed by atoms with Crippen LogP contribution in [0.15, 0.2) is 54.6 Å². The summed E-state index contributed by atoms with van der Waals surface area (Å²) < 4.78 is 32.3. The van der Waals surface area contributed by atoms with Crippen LogP contribution >= 0.6 is 0 Å². The smallest absolute Gasteiger partial charge is 0.272 e. The summed E-state index contributed by atoms with van der Waals surface area (Å²) in [5.41, 5.74) is 1.88. The lowest BCUT2D eigenvalue weighted by molar-refractivity contribution is -0.185. The summed E-state index contributed by atoms with van der Waals surface area (Å²) in [5, 5.41) is 4.67. The van der Waals surface area contributed by atoms with Gasteiger partial charge >= 0.3 is 0 Å². The van der Waals surface area contributed by atoms with Crippen LogP contribution in [-0.4, -0.2) is 36.4 Å². The molecule has 1 saturated carbocycles. The zero-order chi connectivity index (χ0) is 20.3. The fourth-order valence-corrected chi connectivity index (χ4v) is 5.82. The summed E-state index contributed by atoms with van der Waals surface area (Å²) in [4.78, 5) is 5.23. The summed E-state index contributed by atoms with van der Waals surface area (Å²) in [6.45, 7) is 0.727.